The Kier molecular flexibility index (Phi) is 3.99. The zero-order valence-electron chi connectivity index (χ0n) is 12.0. The summed E-state index contributed by atoms with van der Waals surface area (Å²) in [5.74, 6) is 0.992. The molecule has 1 heterocycles. The van der Waals surface area contributed by atoms with Gasteiger partial charge < -0.3 is 15.5 Å². The van der Waals surface area contributed by atoms with E-state index in [1.54, 1.807) is 4.90 Å². The number of hydrogen-bond donors (Lipinski definition) is 1. The van der Waals surface area contributed by atoms with Crippen LogP contribution in [0.3, 0.4) is 0 Å². The molecule has 1 atom stereocenters. The van der Waals surface area contributed by atoms with E-state index in [1.807, 2.05) is 25.9 Å². The first-order chi connectivity index (χ1) is 8.95. The van der Waals surface area contributed by atoms with E-state index in [1.165, 1.54) is 24.2 Å². The zero-order valence-corrected chi connectivity index (χ0v) is 12.8. The van der Waals surface area contributed by atoms with Gasteiger partial charge in [-0.05, 0) is 32.6 Å². The summed E-state index contributed by atoms with van der Waals surface area (Å²) in [6.45, 7) is 4.99. The third kappa shape index (κ3) is 2.83. The Bertz CT molecular complexity index is 469. The fourth-order valence-electron chi connectivity index (χ4n) is 2.01. The Balaban J connectivity index is 2.16. The first kappa shape index (κ1) is 14.1. The van der Waals surface area contributed by atoms with Crippen LogP contribution in [0.25, 0.3) is 0 Å². The maximum atomic E-state index is 12.5. The lowest BCUT2D eigenvalue weighted by molar-refractivity contribution is 0.0733. The molecule has 1 aliphatic rings. The molecule has 0 aromatic carbocycles. The first-order valence-corrected chi connectivity index (χ1v) is 7.52. The Hall–Kier alpha value is -1.30. The van der Waals surface area contributed by atoms with E-state index in [2.05, 4.69) is 11.9 Å². The van der Waals surface area contributed by atoms with Crippen molar-refractivity contribution < 1.29 is 4.79 Å². The van der Waals surface area contributed by atoms with Crippen molar-refractivity contribution in [3.05, 3.63) is 4.88 Å². The van der Waals surface area contributed by atoms with Gasteiger partial charge >= 0.3 is 0 Å². The van der Waals surface area contributed by atoms with Gasteiger partial charge in [-0.25, -0.2) is 4.98 Å². The molecule has 1 saturated carbocycles. The minimum absolute atomic E-state index is 0.00912. The molecule has 0 bridgehead atoms. The number of hydrogen-bond acceptors (Lipinski definition) is 5. The van der Waals surface area contributed by atoms with Crippen LogP contribution >= 0.6 is 11.3 Å². The van der Waals surface area contributed by atoms with Crippen molar-refractivity contribution in [1.82, 2.24) is 9.88 Å². The molecule has 106 valence electrons. The van der Waals surface area contributed by atoms with E-state index in [4.69, 9.17) is 5.73 Å². The Labute approximate surface area is 118 Å². The van der Waals surface area contributed by atoms with Gasteiger partial charge in [0.1, 0.15) is 10.7 Å². The molecule has 1 aromatic heterocycles. The van der Waals surface area contributed by atoms with Crippen molar-refractivity contribution in [1.29, 1.82) is 0 Å². The number of nitrogen functional groups attached to an aromatic ring is 1. The summed E-state index contributed by atoms with van der Waals surface area (Å²) in [5.41, 5.74) is 5.89. The van der Waals surface area contributed by atoms with Crippen LogP contribution in [-0.2, 0) is 0 Å². The highest BCUT2D eigenvalue weighted by molar-refractivity contribution is 7.18. The molecular weight excluding hydrogens is 260 g/mol. The van der Waals surface area contributed by atoms with Crippen LogP contribution in [0.4, 0.5) is 10.9 Å². The molecule has 1 aromatic rings. The summed E-state index contributed by atoms with van der Waals surface area (Å²) in [5, 5.41) is 0.802. The predicted octanol–water partition coefficient (Wildman–Crippen LogP) is 2.05. The van der Waals surface area contributed by atoms with E-state index < -0.39 is 0 Å². The zero-order chi connectivity index (χ0) is 14.2. The number of rotatable bonds is 5. The molecule has 0 spiro atoms. The molecule has 5 nitrogen and oxygen atoms in total. The van der Waals surface area contributed by atoms with Crippen LogP contribution in [0.1, 0.15) is 36.4 Å². The fourth-order valence-corrected chi connectivity index (χ4v) is 3.00. The monoisotopic (exact) mass is 282 g/mol. The smallest absolute Gasteiger partial charge is 0.267 e. The van der Waals surface area contributed by atoms with E-state index in [0.29, 0.717) is 16.6 Å². The van der Waals surface area contributed by atoms with Gasteiger partial charge in [-0.3, -0.25) is 4.79 Å². The van der Waals surface area contributed by atoms with Crippen LogP contribution in [0.5, 0.6) is 0 Å². The third-order valence-corrected chi connectivity index (χ3v) is 5.05. The fraction of sp³-hybridized carbons (Fsp3) is 0.692. The van der Waals surface area contributed by atoms with E-state index in [-0.39, 0.29) is 11.9 Å². The number of thiazole rings is 1. The number of carbonyl (C=O) groups is 1. The number of nitrogens with zero attached hydrogens (tertiary/aromatic N) is 3. The second-order valence-electron chi connectivity index (χ2n) is 5.22. The number of amides is 1. The van der Waals surface area contributed by atoms with Crippen LogP contribution in [-0.4, -0.2) is 42.5 Å². The van der Waals surface area contributed by atoms with Gasteiger partial charge in [-0.1, -0.05) is 11.3 Å². The van der Waals surface area contributed by atoms with Gasteiger partial charge in [0.25, 0.3) is 5.91 Å². The molecule has 0 aliphatic heterocycles. The molecule has 2 rings (SSSR count). The van der Waals surface area contributed by atoms with Crippen molar-refractivity contribution >= 4 is 28.2 Å². The highest BCUT2D eigenvalue weighted by Crippen LogP contribution is 2.36. The maximum absolute atomic E-state index is 12.5. The second kappa shape index (κ2) is 5.36. The molecule has 1 unspecified atom stereocenters. The SMILES string of the molecule is CCN(C)c1nc(N)c(C(=O)N(C)C(C)C2CC2)s1. The lowest BCUT2D eigenvalue weighted by atomic mass is 10.2. The second-order valence-corrected chi connectivity index (χ2v) is 6.20. The Morgan fingerprint density at radius 1 is 1.53 bits per heavy atom. The minimum Gasteiger partial charge on any atom is -0.382 e. The molecule has 1 fully saturated rings. The molecule has 1 amide bonds. The average molecular weight is 282 g/mol. The maximum Gasteiger partial charge on any atom is 0.267 e. The molecule has 6 heteroatoms. The highest BCUT2D eigenvalue weighted by atomic mass is 32.1. The number of carbonyl (C=O) groups excluding carboxylic acids is 1. The van der Waals surface area contributed by atoms with Gasteiger partial charge in [-0.15, -0.1) is 0 Å². The van der Waals surface area contributed by atoms with Crippen LogP contribution in [0, 0.1) is 5.92 Å². The summed E-state index contributed by atoms with van der Waals surface area (Å²) in [4.78, 5) is 21.1. The van der Waals surface area contributed by atoms with Gasteiger partial charge in [0.05, 0.1) is 0 Å². The summed E-state index contributed by atoms with van der Waals surface area (Å²) in [6.07, 6.45) is 2.45. The van der Waals surface area contributed by atoms with Crippen molar-refractivity contribution in [2.24, 2.45) is 5.92 Å². The third-order valence-electron chi connectivity index (χ3n) is 3.87. The summed E-state index contributed by atoms with van der Waals surface area (Å²) in [7, 11) is 3.80. The summed E-state index contributed by atoms with van der Waals surface area (Å²) in [6, 6.07) is 0.279. The van der Waals surface area contributed by atoms with Gasteiger partial charge in [0.15, 0.2) is 5.13 Å². The van der Waals surface area contributed by atoms with Crippen LogP contribution in [0.15, 0.2) is 0 Å². The lowest BCUT2D eigenvalue weighted by Gasteiger charge is -2.24. The first-order valence-electron chi connectivity index (χ1n) is 6.70. The molecule has 19 heavy (non-hydrogen) atoms. The molecule has 1 aliphatic carbocycles. The van der Waals surface area contributed by atoms with Crippen molar-refractivity contribution in [2.45, 2.75) is 32.7 Å². The van der Waals surface area contributed by atoms with Crippen molar-refractivity contribution in [3.8, 4) is 0 Å². The normalized spacial score (nSPS) is 16.2. The molecule has 2 N–H and O–H groups in total. The standard InChI is InChI=1S/C13H22N4OS/c1-5-16(3)13-15-11(14)10(19-13)12(18)17(4)8(2)9-6-7-9/h8-9H,5-7,14H2,1-4H3. The molecule has 0 radical (unpaired) electrons. The lowest BCUT2D eigenvalue weighted by Crippen LogP contribution is -2.36. The minimum atomic E-state index is -0.00912. The van der Waals surface area contributed by atoms with Crippen molar-refractivity contribution in [3.63, 3.8) is 0 Å². The Morgan fingerprint density at radius 3 is 2.68 bits per heavy atom. The average Bonchev–Trinajstić information content (AvgIpc) is 3.18. The van der Waals surface area contributed by atoms with E-state index in [0.717, 1.165) is 11.7 Å². The molecule has 0 saturated heterocycles. The summed E-state index contributed by atoms with van der Waals surface area (Å²) >= 11 is 1.38. The summed E-state index contributed by atoms with van der Waals surface area (Å²) < 4.78 is 0. The van der Waals surface area contributed by atoms with Gasteiger partial charge in [0.2, 0.25) is 0 Å². The highest BCUT2D eigenvalue weighted by Gasteiger charge is 2.34. The van der Waals surface area contributed by atoms with Gasteiger partial charge in [0, 0.05) is 26.7 Å². The Morgan fingerprint density at radius 2 is 2.16 bits per heavy atom. The number of nitrogens with two attached hydrogens (primary N) is 1. The number of anilines is 2. The van der Waals surface area contributed by atoms with E-state index in [9.17, 15) is 4.79 Å². The van der Waals surface area contributed by atoms with Crippen molar-refractivity contribution in [2.75, 3.05) is 31.3 Å². The predicted molar refractivity (Wildman–Crippen MR) is 79.7 cm³/mol. The van der Waals surface area contributed by atoms with Crippen LogP contribution < -0.4 is 10.6 Å². The topological polar surface area (TPSA) is 62.5 Å². The largest absolute Gasteiger partial charge is 0.382 e. The van der Waals surface area contributed by atoms with Gasteiger partial charge in [-0.2, -0.15) is 0 Å². The quantitative estimate of drug-likeness (QED) is 0.898. The number of aromatic nitrogens is 1. The molecular formula is C13H22N4OS. The van der Waals surface area contributed by atoms with Crippen LogP contribution in [0.2, 0.25) is 0 Å². The van der Waals surface area contributed by atoms with E-state index >= 15 is 0 Å².